The molecule has 0 radical (unpaired) electrons. The fraction of sp³-hybridized carbons (Fsp3) is 0.188. The van der Waals surface area contributed by atoms with Crippen LogP contribution in [-0.4, -0.2) is 16.4 Å². The lowest BCUT2D eigenvalue weighted by Crippen LogP contribution is -2.19. The van der Waals surface area contributed by atoms with Crippen LogP contribution in [0.4, 0.5) is 5.82 Å². The van der Waals surface area contributed by atoms with Crippen LogP contribution in [0.3, 0.4) is 0 Å². The van der Waals surface area contributed by atoms with Crippen LogP contribution >= 0.6 is 15.9 Å². The van der Waals surface area contributed by atoms with E-state index in [-0.39, 0.29) is 0 Å². The second kappa shape index (κ2) is 5.87. The van der Waals surface area contributed by atoms with Crippen molar-refractivity contribution in [3.05, 3.63) is 64.4 Å². The van der Waals surface area contributed by atoms with Crippen molar-refractivity contribution in [1.82, 2.24) is 9.38 Å². The van der Waals surface area contributed by atoms with E-state index >= 15 is 0 Å². The molecule has 0 fully saturated rings. The lowest BCUT2D eigenvalue weighted by Gasteiger charge is -2.18. The maximum atomic E-state index is 5.92. The van der Waals surface area contributed by atoms with Gasteiger partial charge in [0.05, 0.1) is 5.69 Å². The Morgan fingerprint density at radius 2 is 1.95 bits per heavy atom. The third-order valence-electron chi connectivity index (χ3n) is 3.50. The van der Waals surface area contributed by atoms with Crippen LogP contribution in [0.25, 0.3) is 5.65 Å². The van der Waals surface area contributed by atoms with Gasteiger partial charge in [-0.25, -0.2) is 4.98 Å². The molecule has 0 atom stereocenters. The summed E-state index contributed by atoms with van der Waals surface area (Å²) in [4.78, 5) is 6.83. The van der Waals surface area contributed by atoms with Gasteiger partial charge in [-0.3, -0.25) is 0 Å². The number of nitrogens with zero attached hydrogens (tertiary/aromatic N) is 3. The molecule has 0 aliphatic carbocycles. The van der Waals surface area contributed by atoms with Gasteiger partial charge < -0.3 is 15.0 Å². The molecule has 21 heavy (non-hydrogen) atoms. The highest BCUT2D eigenvalue weighted by Crippen LogP contribution is 2.22. The number of rotatable bonds is 4. The molecule has 2 aromatic heterocycles. The van der Waals surface area contributed by atoms with Crippen molar-refractivity contribution >= 4 is 27.4 Å². The summed E-state index contributed by atoms with van der Waals surface area (Å²) in [5.41, 5.74) is 9.11. The molecule has 0 aliphatic heterocycles. The van der Waals surface area contributed by atoms with Crippen molar-refractivity contribution in [2.24, 2.45) is 5.73 Å². The number of halogens is 1. The Kier molecular flexibility index (Phi) is 3.94. The van der Waals surface area contributed by atoms with E-state index in [9.17, 15) is 0 Å². The van der Waals surface area contributed by atoms with Crippen molar-refractivity contribution in [2.45, 2.75) is 13.1 Å². The summed E-state index contributed by atoms with van der Waals surface area (Å²) in [6, 6.07) is 14.3. The molecule has 0 unspecified atom stereocenters. The molecule has 2 N–H and O–H groups in total. The van der Waals surface area contributed by atoms with E-state index in [2.05, 4.69) is 45.1 Å². The largest absolute Gasteiger partial charge is 0.354 e. The first kappa shape index (κ1) is 14.1. The third-order valence-corrected chi connectivity index (χ3v) is 4.02. The van der Waals surface area contributed by atoms with Gasteiger partial charge in [0.15, 0.2) is 5.82 Å². The molecule has 0 aliphatic rings. The summed E-state index contributed by atoms with van der Waals surface area (Å²) >= 11 is 3.46. The van der Waals surface area contributed by atoms with Crippen LogP contribution in [-0.2, 0) is 13.1 Å². The second-order valence-corrected chi connectivity index (χ2v) is 5.91. The fourth-order valence-electron chi connectivity index (χ4n) is 2.47. The van der Waals surface area contributed by atoms with E-state index in [1.165, 1.54) is 5.56 Å². The molecule has 0 saturated heterocycles. The molecule has 5 heteroatoms. The van der Waals surface area contributed by atoms with Crippen molar-refractivity contribution in [1.29, 1.82) is 0 Å². The predicted molar refractivity (Wildman–Crippen MR) is 89.3 cm³/mol. The van der Waals surface area contributed by atoms with Crippen LogP contribution in [0.5, 0.6) is 0 Å². The number of hydrogen-bond donors (Lipinski definition) is 1. The number of anilines is 1. The highest BCUT2D eigenvalue weighted by Gasteiger charge is 2.14. The fourth-order valence-corrected chi connectivity index (χ4v) is 2.73. The number of pyridine rings is 1. The van der Waals surface area contributed by atoms with E-state index in [1.807, 2.05) is 35.8 Å². The van der Waals surface area contributed by atoms with Crippen LogP contribution in [0, 0.1) is 0 Å². The minimum absolute atomic E-state index is 0.463. The van der Waals surface area contributed by atoms with E-state index in [4.69, 9.17) is 10.7 Å². The highest BCUT2D eigenvalue weighted by atomic mass is 79.9. The molecule has 1 aromatic carbocycles. The summed E-state index contributed by atoms with van der Waals surface area (Å²) < 4.78 is 3.14. The summed E-state index contributed by atoms with van der Waals surface area (Å²) in [5.74, 6) is 0.937. The Bertz CT molecular complexity index is 749. The first-order valence-electron chi connectivity index (χ1n) is 6.80. The number of aromatic nitrogens is 2. The summed E-state index contributed by atoms with van der Waals surface area (Å²) in [5, 5.41) is 0. The minimum Gasteiger partial charge on any atom is -0.354 e. The van der Waals surface area contributed by atoms with Crippen molar-refractivity contribution < 1.29 is 0 Å². The van der Waals surface area contributed by atoms with Crippen molar-refractivity contribution in [2.75, 3.05) is 11.9 Å². The van der Waals surface area contributed by atoms with Gasteiger partial charge in [-0.05, 0) is 29.8 Å². The Labute approximate surface area is 132 Å². The van der Waals surface area contributed by atoms with Crippen LogP contribution in [0.15, 0.2) is 53.1 Å². The van der Waals surface area contributed by atoms with Crippen LogP contribution in [0.2, 0.25) is 0 Å². The maximum Gasteiger partial charge on any atom is 0.152 e. The molecule has 108 valence electrons. The van der Waals surface area contributed by atoms with Gasteiger partial charge in [0.25, 0.3) is 0 Å². The summed E-state index contributed by atoms with van der Waals surface area (Å²) in [6.07, 6.45) is 2.00. The number of hydrogen-bond acceptors (Lipinski definition) is 3. The van der Waals surface area contributed by atoms with Gasteiger partial charge in [0.2, 0.25) is 0 Å². The predicted octanol–water partition coefficient (Wildman–Crippen LogP) is 3.19. The smallest absolute Gasteiger partial charge is 0.152 e. The van der Waals surface area contributed by atoms with Gasteiger partial charge in [0.1, 0.15) is 5.65 Å². The van der Waals surface area contributed by atoms with E-state index in [0.29, 0.717) is 6.54 Å². The zero-order valence-electron chi connectivity index (χ0n) is 11.8. The normalized spacial score (nSPS) is 11.0. The molecule has 4 nitrogen and oxygen atoms in total. The monoisotopic (exact) mass is 344 g/mol. The van der Waals surface area contributed by atoms with Gasteiger partial charge in [-0.1, -0.05) is 34.1 Å². The molecule has 0 saturated carbocycles. The number of benzene rings is 1. The highest BCUT2D eigenvalue weighted by molar-refractivity contribution is 9.10. The topological polar surface area (TPSA) is 46.6 Å². The average Bonchev–Trinajstić information content (AvgIpc) is 2.88. The molecule has 0 bridgehead atoms. The molecule has 3 aromatic rings. The Morgan fingerprint density at radius 1 is 1.19 bits per heavy atom. The standard InChI is InChI=1S/C16H17BrN4/c1-20(11-12-5-7-13(17)8-6-12)16-14(10-18)21-9-3-2-4-15(21)19-16/h2-9H,10-11,18H2,1H3. The Hall–Kier alpha value is -1.85. The lowest BCUT2D eigenvalue weighted by molar-refractivity contribution is 0.873. The third kappa shape index (κ3) is 2.80. The van der Waals surface area contributed by atoms with Gasteiger partial charge in [0, 0.05) is 30.8 Å². The quantitative estimate of drug-likeness (QED) is 0.790. The average molecular weight is 345 g/mol. The number of nitrogens with two attached hydrogens (primary N) is 1. The summed E-state index contributed by atoms with van der Waals surface area (Å²) in [6.45, 7) is 1.26. The molecule has 0 spiro atoms. The zero-order chi connectivity index (χ0) is 14.8. The van der Waals surface area contributed by atoms with Crippen molar-refractivity contribution in [3.63, 3.8) is 0 Å². The van der Waals surface area contributed by atoms with Crippen molar-refractivity contribution in [3.8, 4) is 0 Å². The zero-order valence-corrected chi connectivity index (χ0v) is 13.4. The first-order valence-corrected chi connectivity index (χ1v) is 7.60. The molecule has 0 amide bonds. The SMILES string of the molecule is CN(Cc1ccc(Br)cc1)c1nc2ccccn2c1CN. The molecule has 3 rings (SSSR count). The lowest BCUT2D eigenvalue weighted by atomic mass is 10.2. The molecule has 2 heterocycles. The van der Waals surface area contributed by atoms with Gasteiger partial charge >= 0.3 is 0 Å². The van der Waals surface area contributed by atoms with E-state index in [0.717, 1.165) is 28.2 Å². The van der Waals surface area contributed by atoms with E-state index < -0.39 is 0 Å². The van der Waals surface area contributed by atoms with Crippen LogP contribution < -0.4 is 10.6 Å². The number of imidazole rings is 1. The first-order chi connectivity index (χ1) is 10.2. The molecular weight excluding hydrogens is 328 g/mol. The Morgan fingerprint density at radius 3 is 2.67 bits per heavy atom. The van der Waals surface area contributed by atoms with E-state index in [1.54, 1.807) is 0 Å². The second-order valence-electron chi connectivity index (χ2n) is 5.00. The Balaban J connectivity index is 1.93. The molecular formula is C16H17BrN4. The van der Waals surface area contributed by atoms with Gasteiger partial charge in [-0.2, -0.15) is 0 Å². The maximum absolute atomic E-state index is 5.92. The van der Waals surface area contributed by atoms with Crippen LogP contribution in [0.1, 0.15) is 11.3 Å². The van der Waals surface area contributed by atoms with Gasteiger partial charge in [-0.15, -0.1) is 0 Å². The number of fused-ring (bicyclic) bond motifs is 1. The summed E-state index contributed by atoms with van der Waals surface area (Å²) in [7, 11) is 2.04. The minimum atomic E-state index is 0.463.